The maximum absolute atomic E-state index is 3.53. The number of rotatable bonds is 1. The van der Waals surface area contributed by atoms with Gasteiger partial charge in [-0.05, 0) is 39.9 Å². The number of hydrogen-bond acceptors (Lipinski definition) is 1. The van der Waals surface area contributed by atoms with E-state index < -0.39 is 0 Å². The summed E-state index contributed by atoms with van der Waals surface area (Å²) in [5.41, 5.74) is 2.59. The molecule has 0 unspecified atom stereocenters. The van der Waals surface area contributed by atoms with Gasteiger partial charge in [0.15, 0.2) is 0 Å². The van der Waals surface area contributed by atoms with Crippen molar-refractivity contribution < 1.29 is 0 Å². The molecule has 0 nitrogen and oxygen atoms in total. The number of benzene rings is 1. The van der Waals surface area contributed by atoms with Crippen molar-refractivity contribution in [2.24, 2.45) is 0 Å². The summed E-state index contributed by atoms with van der Waals surface area (Å²) in [5, 5.41) is 2.10. The van der Waals surface area contributed by atoms with Gasteiger partial charge < -0.3 is 0 Å². The van der Waals surface area contributed by atoms with Crippen LogP contribution in [0.3, 0.4) is 0 Å². The summed E-state index contributed by atoms with van der Waals surface area (Å²) in [6.45, 7) is 2.10. The van der Waals surface area contributed by atoms with Gasteiger partial charge >= 0.3 is 0 Å². The molecule has 2 aromatic rings. The van der Waals surface area contributed by atoms with Gasteiger partial charge in [-0.2, -0.15) is 0 Å². The maximum atomic E-state index is 3.53. The number of aryl methyl sites for hydroxylation is 1. The minimum atomic E-state index is 1.18. The van der Waals surface area contributed by atoms with E-state index in [1.54, 1.807) is 11.3 Å². The highest BCUT2D eigenvalue weighted by atomic mass is 79.9. The maximum Gasteiger partial charge on any atom is 0.0484 e. The van der Waals surface area contributed by atoms with Crippen molar-refractivity contribution in [3.8, 4) is 10.4 Å². The van der Waals surface area contributed by atoms with Crippen LogP contribution in [0.4, 0.5) is 0 Å². The van der Waals surface area contributed by atoms with E-state index in [9.17, 15) is 0 Å². The van der Waals surface area contributed by atoms with Gasteiger partial charge in [0.1, 0.15) is 0 Å². The van der Waals surface area contributed by atoms with Crippen LogP contribution in [0.2, 0.25) is 0 Å². The Balaban J connectivity index is 2.47. The summed E-state index contributed by atoms with van der Waals surface area (Å²) in [6.07, 6.45) is 0. The SMILES string of the molecule is Cc1ccc(-c2sccc2Br)cc1. The Morgan fingerprint density at radius 3 is 2.31 bits per heavy atom. The molecule has 13 heavy (non-hydrogen) atoms. The van der Waals surface area contributed by atoms with E-state index in [4.69, 9.17) is 0 Å². The molecule has 0 fully saturated rings. The van der Waals surface area contributed by atoms with Crippen LogP contribution in [-0.4, -0.2) is 0 Å². The van der Waals surface area contributed by atoms with Crippen LogP contribution < -0.4 is 0 Å². The summed E-state index contributed by atoms with van der Waals surface area (Å²) in [6, 6.07) is 10.7. The summed E-state index contributed by atoms with van der Waals surface area (Å²) in [4.78, 5) is 1.31. The van der Waals surface area contributed by atoms with E-state index >= 15 is 0 Å². The summed E-state index contributed by atoms with van der Waals surface area (Å²) in [7, 11) is 0. The van der Waals surface area contributed by atoms with Gasteiger partial charge in [0, 0.05) is 9.35 Å². The van der Waals surface area contributed by atoms with E-state index in [0.29, 0.717) is 0 Å². The highest BCUT2D eigenvalue weighted by Crippen LogP contribution is 2.33. The molecule has 66 valence electrons. The molecular weight excluding hydrogens is 244 g/mol. The fourth-order valence-electron chi connectivity index (χ4n) is 1.20. The minimum absolute atomic E-state index is 1.18. The van der Waals surface area contributed by atoms with Crippen LogP contribution in [0.5, 0.6) is 0 Å². The van der Waals surface area contributed by atoms with Gasteiger partial charge in [-0.3, -0.25) is 0 Å². The molecule has 0 spiro atoms. The Hall–Kier alpha value is -0.600. The largest absolute Gasteiger partial charge is 0.143 e. The quantitative estimate of drug-likeness (QED) is 0.702. The fraction of sp³-hybridized carbons (Fsp3) is 0.0909. The number of thiophene rings is 1. The molecule has 2 heteroatoms. The van der Waals surface area contributed by atoms with Gasteiger partial charge in [-0.15, -0.1) is 11.3 Å². The lowest BCUT2D eigenvalue weighted by molar-refractivity contribution is 1.47. The molecule has 0 saturated heterocycles. The second-order valence-corrected chi connectivity index (χ2v) is 4.73. The molecule has 0 atom stereocenters. The van der Waals surface area contributed by atoms with Crippen LogP contribution in [0, 0.1) is 6.92 Å². The zero-order chi connectivity index (χ0) is 9.26. The highest BCUT2D eigenvalue weighted by molar-refractivity contribution is 9.10. The Labute approximate surface area is 90.4 Å². The van der Waals surface area contributed by atoms with Crippen molar-refractivity contribution >= 4 is 27.3 Å². The zero-order valence-electron chi connectivity index (χ0n) is 7.25. The van der Waals surface area contributed by atoms with Crippen molar-refractivity contribution in [2.45, 2.75) is 6.92 Å². The minimum Gasteiger partial charge on any atom is -0.143 e. The Bertz CT molecular complexity index is 400. The Morgan fingerprint density at radius 1 is 1.08 bits per heavy atom. The van der Waals surface area contributed by atoms with E-state index in [0.717, 1.165) is 0 Å². The molecule has 0 bridgehead atoms. The van der Waals surface area contributed by atoms with E-state index in [1.165, 1.54) is 20.5 Å². The summed E-state index contributed by atoms with van der Waals surface area (Å²) >= 11 is 5.29. The van der Waals surface area contributed by atoms with Gasteiger partial charge in [0.25, 0.3) is 0 Å². The van der Waals surface area contributed by atoms with Gasteiger partial charge in [-0.1, -0.05) is 29.8 Å². The molecule has 0 saturated carbocycles. The second kappa shape index (κ2) is 3.64. The van der Waals surface area contributed by atoms with Crippen LogP contribution in [0.25, 0.3) is 10.4 Å². The lowest BCUT2D eigenvalue weighted by atomic mass is 10.1. The molecule has 1 aromatic heterocycles. The van der Waals surface area contributed by atoms with Crippen molar-refractivity contribution in [1.29, 1.82) is 0 Å². The fourth-order valence-corrected chi connectivity index (χ4v) is 2.81. The second-order valence-electron chi connectivity index (χ2n) is 2.96. The Morgan fingerprint density at radius 2 is 1.77 bits per heavy atom. The van der Waals surface area contributed by atoms with Gasteiger partial charge in [0.05, 0.1) is 0 Å². The van der Waals surface area contributed by atoms with Crippen LogP contribution in [-0.2, 0) is 0 Å². The average molecular weight is 253 g/mol. The van der Waals surface area contributed by atoms with Crippen LogP contribution in [0.15, 0.2) is 40.2 Å². The lowest BCUT2D eigenvalue weighted by Gasteiger charge is -1.98. The number of hydrogen-bond donors (Lipinski definition) is 0. The first kappa shape index (κ1) is 8.97. The number of halogens is 1. The average Bonchev–Trinajstić information content (AvgIpc) is 2.53. The normalized spacial score (nSPS) is 10.3. The van der Waals surface area contributed by atoms with Gasteiger partial charge in [0.2, 0.25) is 0 Å². The molecule has 0 aliphatic rings. The molecule has 0 N–H and O–H groups in total. The zero-order valence-corrected chi connectivity index (χ0v) is 9.65. The molecule has 1 heterocycles. The lowest BCUT2D eigenvalue weighted by Crippen LogP contribution is -1.74. The third kappa shape index (κ3) is 1.84. The molecule has 0 radical (unpaired) electrons. The molecule has 0 aliphatic carbocycles. The van der Waals surface area contributed by atoms with Crippen molar-refractivity contribution in [3.63, 3.8) is 0 Å². The van der Waals surface area contributed by atoms with E-state index in [1.807, 2.05) is 0 Å². The first-order valence-electron chi connectivity index (χ1n) is 4.07. The smallest absolute Gasteiger partial charge is 0.0484 e. The van der Waals surface area contributed by atoms with Crippen LogP contribution >= 0.6 is 27.3 Å². The third-order valence-corrected chi connectivity index (χ3v) is 3.82. The van der Waals surface area contributed by atoms with E-state index in [-0.39, 0.29) is 0 Å². The third-order valence-electron chi connectivity index (χ3n) is 1.93. The topological polar surface area (TPSA) is 0 Å². The highest BCUT2D eigenvalue weighted by Gasteiger charge is 2.02. The molecule has 2 rings (SSSR count). The van der Waals surface area contributed by atoms with E-state index in [2.05, 4.69) is 58.6 Å². The monoisotopic (exact) mass is 252 g/mol. The summed E-state index contributed by atoms with van der Waals surface area (Å²) < 4.78 is 1.18. The first-order chi connectivity index (χ1) is 6.27. The Kier molecular flexibility index (Phi) is 2.51. The van der Waals surface area contributed by atoms with Crippen molar-refractivity contribution in [2.75, 3.05) is 0 Å². The van der Waals surface area contributed by atoms with Crippen molar-refractivity contribution in [1.82, 2.24) is 0 Å². The van der Waals surface area contributed by atoms with Crippen LogP contribution in [0.1, 0.15) is 5.56 Å². The predicted octanol–water partition coefficient (Wildman–Crippen LogP) is 4.49. The summed E-state index contributed by atoms with van der Waals surface area (Å²) in [5.74, 6) is 0. The van der Waals surface area contributed by atoms with Gasteiger partial charge in [-0.25, -0.2) is 0 Å². The standard InChI is InChI=1S/C11H9BrS/c1-8-2-4-9(5-3-8)11-10(12)6-7-13-11/h2-7H,1H3. The van der Waals surface area contributed by atoms with Crippen molar-refractivity contribution in [3.05, 3.63) is 45.7 Å². The first-order valence-corrected chi connectivity index (χ1v) is 5.74. The predicted molar refractivity (Wildman–Crippen MR) is 62.2 cm³/mol. The molecule has 0 amide bonds. The molecular formula is C11H9BrS. The molecule has 0 aliphatic heterocycles. The molecule has 1 aromatic carbocycles.